The molecule has 0 amide bonds. The summed E-state index contributed by atoms with van der Waals surface area (Å²) in [5.41, 5.74) is 1.21. The number of benzene rings is 1. The van der Waals surface area contributed by atoms with Gasteiger partial charge in [-0.15, -0.1) is 0 Å². The van der Waals surface area contributed by atoms with Gasteiger partial charge in [0, 0.05) is 7.05 Å². The number of hydrogen-bond acceptors (Lipinski definition) is 2. The van der Waals surface area contributed by atoms with Crippen molar-refractivity contribution in [2.75, 3.05) is 7.05 Å². The molecule has 1 atom stereocenters. The van der Waals surface area contributed by atoms with Crippen molar-refractivity contribution in [2.45, 2.75) is 13.0 Å². The predicted octanol–water partition coefficient (Wildman–Crippen LogP) is 2.83. The van der Waals surface area contributed by atoms with E-state index in [9.17, 15) is 0 Å². The molecule has 0 bridgehead atoms. The van der Waals surface area contributed by atoms with E-state index >= 15 is 0 Å². The maximum atomic E-state index is 4.02. The summed E-state index contributed by atoms with van der Waals surface area (Å²) in [6, 6.07) is 10.3. The van der Waals surface area contributed by atoms with Crippen molar-refractivity contribution in [1.29, 1.82) is 0 Å². The van der Waals surface area contributed by atoms with E-state index in [2.05, 4.69) is 22.4 Å². The molecule has 0 aliphatic rings. The molecule has 0 aliphatic heterocycles. The molecule has 2 heteroatoms. The molecule has 0 saturated heterocycles. The van der Waals surface area contributed by atoms with Gasteiger partial charge in [0.05, 0.1) is 6.04 Å². The van der Waals surface area contributed by atoms with Crippen LogP contribution in [0.5, 0.6) is 0 Å². The molecule has 0 N–H and O–H groups in total. The average molecular weight is 148 g/mol. The van der Waals surface area contributed by atoms with Crippen LogP contribution in [0.4, 0.5) is 0 Å². The van der Waals surface area contributed by atoms with Crippen LogP contribution in [0.25, 0.3) is 0 Å². The lowest BCUT2D eigenvalue weighted by atomic mass is 10.1. The van der Waals surface area contributed by atoms with E-state index in [1.54, 1.807) is 7.05 Å². The molecule has 58 valence electrons. The third kappa shape index (κ3) is 2.15. The van der Waals surface area contributed by atoms with Gasteiger partial charge in [-0.25, -0.2) is 0 Å². The predicted molar refractivity (Wildman–Crippen MR) is 45.6 cm³/mol. The van der Waals surface area contributed by atoms with E-state index in [1.165, 1.54) is 5.56 Å². The second-order valence-electron chi connectivity index (χ2n) is 2.40. The van der Waals surface area contributed by atoms with Crippen LogP contribution in [0, 0.1) is 0 Å². The summed E-state index contributed by atoms with van der Waals surface area (Å²) < 4.78 is 0. The van der Waals surface area contributed by atoms with Crippen molar-refractivity contribution >= 4 is 0 Å². The summed E-state index contributed by atoms with van der Waals surface area (Å²) in [5, 5.41) is 7.76. The third-order valence-electron chi connectivity index (χ3n) is 1.57. The Kier molecular flexibility index (Phi) is 2.78. The Morgan fingerprint density at radius 3 is 2.36 bits per heavy atom. The van der Waals surface area contributed by atoms with E-state index in [4.69, 9.17) is 0 Å². The van der Waals surface area contributed by atoms with Crippen LogP contribution in [-0.4, -0.2) is 7.05 Å². The second kappa shape index (κ2) is 3.86. The highest BCUT2D eigenvalue weighted by Gasteiger charge is 1.99. The normalized spacial score (nSPS) is 13.6. The molecule has 1 aromatic rings. The molecular formula is C9H12N2. The van der Waals surface area contributed by atoms with E-state index < -0.39 is 0 Å². The van der Waals surface area contributed by atoms with Gasteiger partial charge in [-0.05, 0) is 12.5 Å². The summed E-state index contributed by atoms with van der Waals surface area (Å²) in [6.45, 7) is 2.03. The first-order chi connectivity index (χ1) is 5.34. The van der Waals surface area contributed by atoms with Crippen LogP contribution in [0.3, 0.4) is 0 Å². The second-order valence-corrected chi connectivity index (χ2v) is 2.40. The quantitative estimate of drug-likeness (QED) is 0.576. The van der Waals surface area contributed by atoms with Crippen molar-refractivity contribution in [3.05, 3.63) is 35.9 Å². The van der Waals surface area contributed by atoms with Gasteiger partial charge in [0.1, 0.15) is 0 Å². The summed E-state index contributed by atoms with van der Waals surface area (Å²) >= 11 is 0. The Morgan fingerprint density at radius 1 is 1.18 bits per heavy atom. The highest BCUT2D eigenvalue weighted by molar-refractivity contribution is 5.17. The third-order valence-corrected chi connectivity index (χ3v) is 1.57. The van der Waals surface area contributed by atoms with Crippen LogP contribution in [0.1, 0.15) is 18.5 Å². The van der Waals surface area contributed by atoms with Gasteiger partial charge >= 0.3 is 0 Å². The van der Waals surface area contributed by atoms with Crippen molar-refractivity contribution < 1.29 is 0 Å². The largest absolute Gasteiger partial charge is 0.197 e. The standard InChI is InChI=1S/C9H12N2/c1-8(11-10-2)9-6-4-3-5-7-9/h3-8H,1-2H3/b11-10+. The molecule has 1 unspecified atom stereocenters. The molecule has 0 heterocycles. The Morgan fingerprint density at radius 2 is 1.82 bits per heavy atom. The molecule has 0 saturated carbocycles. The lowest BCUT2D eigenvalue weighted by molar-refractivity contribution is 0.753. The van der Waals surface area contributed by atoms with Gasteiger partial charge in [0.25, 0.3) is 0 Å². The molecule has 11 heavy (non-hydrogen) atoms. The smallest absolute Gasteiger partial charge is 0.0929 e. The van der Waals surface area contributed by atoms with Gasteiger partial charge < -0.3 is 0 Å². The zero-order valence-corrected chi connectivity index (χ0v) is 6.86. The molecule has 0 aromatic heterocycles. The molecule has 1 rings (SSSR count). The van der Waals surface area contributed by atoms with Gasteiger partial charge in [0.15, 0.2) is 0 Å². The number of rotatable bonds is 2. The van der Waals surface area contributed by atoms with Crippen molar-refractivity contribution in [3.8, 4) is 0 Å². The first kappa shape index (κ1) is 7.92. The lowest BCUT2D eigenvalue weighted by Gasteiger charge is -2.02. The summed E-state index contributed by atoms with van der Waals surface area (Å²) in [6.07, 6.45) is 0. The Balaban J connectivity index is 2.76. The molecular weight excluding hydrogens is 136 g/mol. The minimum absolute atomic E-state index is 0.182. The van der Waals surface area contributed by atoms with Crippen LogP contribution in [0.15, 0.2) is 40.6 Å². The summed E-state index contributed by atoms with van der Waals surface area (Å²) in [5.74, 6) is 0. The fourth-order valence-electron chi connectivity index (χ4n) is 0.971. The highest BCUT2D eigenvalue weighted by atomic mass is 15.1. The Hall–Kier alpha value is -1.18. The number of nitrogens with zero attached hydrogens (tertiary/aromatic N) is 2. The average Bonchev–Trinajstić information content (AvgIpc) is 2.07. The molecule has 1 aromatic carbocycles. The topological polar surface area (TPSA) is 24.7 Å². The van der Waals surface area contributed by atoms with Gasteiger partial charge in [-0.2, -0.15) is 10.2 Å². The minimum Gasteiger partial charge on any atom is -0.197 e. The molecule has 0 fully saturated rings. The molecule has 0 radical (unpaired) electrons. The van der Waals surface area contributed by atoms with Crippen LogP contribution in [-0.2, 0) is 0 Å². The van der Waals surface area contributed by atoms with Crippen molar-refractivity contribution in [2.24, 2.45) is 10.2 Å². The van der Waals surface area contributed by atoms with Gasteiger partial charge in [-0.1, -0.05) is 30.3 Å². The highest BCUT2D eigenvalue weighted by Crippen LogP contribution is 2.15. The number of azo groups is 1. The summed E-state index contributed by atoms with van der Waals surface area (Å²) in [4.78, 5) is 0. The maximum absolute atomic E-state index is 4.02. The van der Waals surface area contributed by atoms with Gasteiger partial charge in [0.2, 0.25) is 0 Å². The first-order valence-electron chi connectivity index (χ1n) is 3.68. The first-order valence-corrected chi connectivity index (χ1v) is 3.68. The minimum atomic E-state index is 0.182. The maximum Gasteiger partial charge on any atom is 0.0929 e. The van der Waals surface area contributed by atoms with E-state index in [1.807, 2.05) is 25.1 Å². The van der Waals surface area contributed by atoms with E-state index in [-0.39, 0.29) is 6.04 Å². The van der Waals surface area contributed by atoms with Gasteiger partial charge in [-0.3, -0.25) is 0 Å². The van der Waals surface area contributed by atoms with Crippen LogP contribution >= 0.6 is 0 Å². The van der Waals surface area contributed by atoms with E-state index in [0.29, 0.717) is 0 Å². The number of hydrogen-bond donors (Lipinski definition) is 0. The molecule has 2 nitrogen and oxygen atoms in total. The lowest BCUT2D eigenvalue weighted by Crippen LogP contribution is -1.86. The SMILES string of the molecule is C/N=N/C(C)c1ccccc1. The Labute approximate surface area is 67.0 Å². The van der Waals surface area contributed by atoms with E-state index in [0.717, 1.165) is 0 Å². The fourth-order valence-corrected chi connectivity index (χ4v) is 0.971. The zero-order valence-electron chi connectivity index (χ0n) is 6.86. The van der Waals surface area contributed by atoms with Crippen molar-refractivity contribution in [3.63, 3.8) is 0 Å². The van der Waals surface area contributed by atoms with Crippen LogP contribution < -0.4 is 0 Å². The summed E-state index contributed by atoms with van der Waals surface area (Å²) in [7, 11) is 1.69. The Bertz CT molecular complexity index is 229. The molecule has 0 aliphatic carbocycles. The van der Waals surface area contributed by atoms with Crippen molar-refractivity contribution in [1.82, 2.24) is 0 Å². The van der Waals surface area contributed by atoms with Crippen LogP contribution in [0.2, 0.25) is 0 Å². The monoisotopic (exact) mass is 148 g/mol. The molecule has 0 spiro atoms. The fraction of sp³-hybridized carbons (Fsp3) is 0.333. The zero-order chi connectivity index (χ0) is 8.10.